The molecule has 0 aromatic rings. The minimum Gasteiger partial charge on any atom is -0.367 e. The molecule has 11 heavy (non-hydrogen) atoms. The van der Waals surface area contributed by atoms with Crippen LogP contribution in [0.25, 0.3) is 0 Å². The molecule has 64 valence electrons. The molecule has 0 radical (unpaired) electrons. The third-order valence-corrected chi connectivity index (χ3v) is 1.98. The quantitative estimate of drug-likeness (QED) is 0.477. The third kappa shape index (κ3) is 4.02. The standard InChI is InChI=1S/C9H17NO/c1-4-7-11-8-9(10,5-2)6-3/h1H,5-8,10H2,2-3H3. The van der Waals surface area contributed by atoms with Crippen molar-refractivity contribution in [3.8, 4) is 12.3 Å². The molecule has 0 aromatic carbocycles. The summed E-state index contributed by atoms with van der Waals surface area (Å²) in [6.45, 7) is 5.04. The van der Waals surface area contributed by atoms with Crippen molar-refractivity contribution in [1.82, 2.24) is 0 Å². The van der Waals surface area contributed by atoms with E-state index in [0.29, 0.717) is 13.2 Å². The van der Waals surface area contributed by atoms with Gasteiger partial charge in [-0.15, -0.1) is 6.42 Å². The monoisotopic (exact) mass is 155 g/mol. The fourth-order valence-electron chi connectivity index (χ4n) is 0.767. The number of rotatable bonds is 5. The SMILES string of the molecule is C#CCOCC(N)(CC)CC. The van der Waals surface area contributed by atoms with Gasteiger partial charge in [0.15, 0.2) is 0 Å². The highest BCUT2D eigenvalue weighted by Crippen LogP contribution is 2.10. The Kier molecular flexibility index (Phi) is 4.93. The van der Waals surface area contributed by atoms with E-state index in [1.807, 2.05) is 0 Å². The first-order valence-corrected chi connectivity index (χ1v) is 3.98. The number of nitrogens with two attached hydrogens (primary N) is 1. The summed E-state index contributed by atoms with van der Waals surface area (Å²) in [5.74, 6) is 2.41. The maximum absolute atomic E-state index is 5.94. The van der Waals surface area contributed by atoms with Crippen LogP contribution in [0.3, 0.4) is 0 Å². The zero-order chi connectivity index (χ0) is 8.74. The molecule has 0 atom stereocenters. The van der Waals surface area contributed by atoms with E-state index < -0.39 is 0 Å². The van der Waals surface area contributed by atoms with Gasteiger partial charge >= 0.3 is 0 Å². The highest BCUT2D eigenvalue weighted by molar-refractivity contribution is 4.85. The van der Waals surface area contributed by atoms with E-state index in [4.69, 9.17) is 16.9 Å². The Morgan fingerprint density at radius 1 is 1.45 bits per heavy atom. The first kappa shape index (κ1) is 10.5. The van der Waals surface area contributed by atoms with Gasteiger partial charge in [-0.2, -0.15) is 0 Å². The van der Waals surface area contributed by atoms with Gasteiger partial charge < -0.3 is 10.5 Å². The molecule has 0 bridgehead atoms. The first-order chi connectivity index (χ1) is 5.18. The molecule has 0 saturated heterocycles. The Morgan fingerprint density at radius 2 is 2.00 bits per heavy atom. The predicted octanol–water partition coefficient (Wildman–Crippen LogP) is 1.15. The van der Waals surface area contributed by atoms with Crippen LogP contribution in [0, 0.1) is 12.3 Å². The largest absolute Gasteiger partial charge is 0.367 e. The molecule has 0 fully saturated rings. The molecule has 0 unspecified atom stereocenters. The Balaban J connectivity index is 3.62. The van der Waals surface area contributed by atoms with Gasteiger partial charge in [0, 0.05) is 5.54 Å². The van der Waals surface area contributed by atoms with Crippen molar-refractivity contribution in [3.63, 3.8) is 0 Å². The van der Waals surface area contributed by atoms with E-state index in [1.165, 1.54) is 0 Å². The zero-order valence-corrected chi connectivity index (χ0v) is 7.39. The second-order valence-corrected chi connectivity index (χ2v) is 2.77. The minimum absolute atomic E-state index is 0.184. The third-order valence-electron chi connectivity index (χ3n) is 1.98. The minimum atomic E-state index is -0.184. The van der Waals surface area contributed by atoms with E-state index in [2.05, 4.69) is 19.8 Å². The summed E-state index contributed by atoms with van der Waals surface area (Å²) in [6.07, 6.45) is 6.87. The maximum Gasteiger partial charge on any atom is 0.107 e. The molecule has 2 nitrogen and oxygen atoms in total. The van der Waals surface area contributed by atoms with Crippen LogP contribution in [-0.4, -0.2) is 18.8 Å². The molecule has 0 aliphatic rings. The fourth-order valence-corrected chi connectivity index (χ4v) is 0.767. The molecule has 0 spiro atoms. The maximum atomic E-state index is 5.94. The highest BCUT2D eigenvalue weighted by atomic mass is 16.5. The van der Waals surface area contributed by atoms with Crippen LogP contribution >= 0.6 is 0 Å². The van der Waals surface area contributed by atoms with Crippen molar-refractivity contribution in [1.29, 1.82) is 0 Å². The second-order valence-electron chi connectivity index (χ2n) is 2.77. The van der Waals surface area contributed by atoms with E-state index in [-0.39, 0.29) is 5.54 Å². The molecule has 2 N–H and O–H groups in total. The van der Waals surface area contributed by atoms with Crippen LogP contribution in [-0.2, 0) is 4.74 Å². The predicted molar refractivity (Wildman–Crippen MR) is 47.2 cm³/mol. The van der Waals surface area contributed by atoms with Gasteiger partial charge in [0.25, 0.3) is 0 Å². The molecular weight excluding hydrogens is 138 g/mol. The fraction of sp³-hybridized carbons (Fsp3) is 0.778. The lowest BCUT2D eigenvalue weighted by Gasteiger charge is -2.25. The Morgan fingerprint density at radius 3 is 2.36 bits per heavy atom. The Labute approximate surface area is 69.1 Å². The van der Waals surface area contributed by atoms with Crippen LogP contribution in [0.5, 0.6) is 0 Å². The van der Waals surface area contributed by atoms with Crippen LogP contribution in [0.4, 0.5) is 0 Å². The van der Waals surface area contributed by atoms with Crippen molar-refractivity contribution in [2.24, 2.45) is 5.73 Å². The Bertz CT molecular complexity index is 133. The molecule has 2 heteroatoms. The average Bonchev–Trinajstić information content (AvgIpc) is 2.05. The van der Waals surface area contributed by atoms with Gasteiger partial charge in [-0.1, -0.05) is 19.8 Å². The van der Waals surface area contributed by atoms with Crippen molar-refractivity contribution in [2.75, 3.05) is 13.2 Å². The van der Waals surface area contributed by atoms with Crippen LogP contribution in [0.15, 0.2) is 0 Å². The van der Waals surface area contributed by atoms with E-state index in [1.54, 1.807) is 0 Å². The van der Waals surface area contributed by atoms with E-state index >= 15 is 0 Å². The normalized spacial score (nSPS) is 11.1. The summed E-state index contributed by atoms with van der Waals surface area (Å²) < 4.78 is 5.17. The summed E-state index contributed by atoms with van der Waals surface area (Å²) >= 11 is 0. The summed E-state index contributed by atoms with van der Waals surface area (Å²) in [7, 11) is 0. The molecule has 0 amide bonds. The van der Waals surface area contributed by atoms with Gasteiger partial charge in [0.05, 0.1) is 6.61 Å². The van der Waals surface area contributed by atoms with Crippen molar-refractivity contribution in [2.45, 2.75) is 32.2 Å². The Hall–Kier alpha value is -0.520. The molecule has 0 aliphatic carbocycles. The summed E-state index contributed by atoms with van der Waals surface area (Å²) in [6, 6.07) is 0. The van der Waals surface area contributed by atoms with Gasteiger partial charge in [-0.05, 0) is 12.8 Å². The summed E-state index contributed by atoms with van der Waals surface area (Å²) in [4.78, 5) is 0. The number of terminal acetylenes is 1. The van der Waals surface area contributed by atoms with Crippen molar-refractivity contribution in [3.05, 3.63) is 0 Å². The molecule has 0 aromatic heterocycles. The van der Waals surface area contributed by atoms with Crippen molar-refractivity contribution >= 4 is 0 Å². The van der Waals surface area contributed by atoms with Crippen LogP contribution < -0.4 is 5.73 Å². The summed E-state index contributed by atoms with van der Waals surface area (Å²) in [5.41, 5.74) is 5.76. The van der Waals surface area contributed by atoms with E-state index in [9.17, 15) is 0 Å². The number of ether oxygens (including phenoxy) is 1. The van der Waals surface area contributed by atoms with Gasteiger partial charge in [-0.25, -0.2) is 0 Å². The summed E-state index contributed by atoms with van der Waals surface area (Å²) in [5, 5.41) is 0. The highest BCUT2D eigenvalue weighted by Gasteiger charge is 2.19. The molecule has 0 heterocycles. The average molecular weight is 155 g/mol. The van der Waals surface area contributed by atoms with Gasteiger partial charge in [0.1, 0.15) is 6.61 Å². The van der Waals surface area contributed by atoms with Crippen LogP contribution in [0.1, 0.15) is 26.7 Å². The zero-order valence-electron chi connectivity index (χ0n) is 7.39. The van der Waals surface area contributed by atoms with Crippen molar-refractivity contribution < 1.29 is 4.74 Å². The lowest BCUT2D eigenvalue weighted by atomic mass is 9.96. The van der Waals surface area contributed by atoms with Gasteiger partial charge in [-0.3, -0.25) is 0 Å². The smallest absolute Gasteiger partial charge is 0.107 e. The topological polar surface area (TPSA) is 35.2 Å². The lowest BCUT2D eigenvalue weighted by molar-refractivity contribution is 0.105. The number of hydrogen-bond acceptors (Lipinski definition) is 2. The first-order valence-electron chi connectivity index (χ1n) is 3.98. The molecule has 0 rings (SSSR count). The lowest BCUT2D eigenvalue weighted by Crippen LogP contribution is -2.43. The molecule has 0 saturated carbocycles. The van der Waals surface area contributed by atoms with E-state index in [0.717, 1.165) is 12.8 Å². The number of hydrogen-bond donors (Lipinski definition) is 1. The molecule has 0 aliphatic heterocycles. The van der Waals surface area contributed by atoms with Gasteiger partial charge in [0.2, 0.25) is 0 Å². The second kappa shape index (κ2) is 5.17. The van der Waals surface area contributed by atoms with Crippen LogP contribution in [0.2, 0.25) is 0 Å². The molecular formula is C9H17NO.